The molecule has 0 aliphatic carbocycles. The minimum absolute atomic E-state index is 0.0521. The van der Waals surface area contributed by atoms with E-state index < -0.39 is 212 Å². The number of aliphatic carboxylic acids is 2. The molecule has 3 fully saturated rings. The Morgan fingerprint density at radius 2 is 1.08 bits per heavy atom. The Kier molecular flexibility index (Phi) is 34.0. The summed E-state index contributed by atoms with van der Waals surface area (Å²) in [5.74, 6) is -18.4. The number of nitrogens with zero attached hydrogens (tertiary/aromatic N) is 3. The summed E-state index contributed by atoms with van der Waals surface area (Å²) in [5, 5.41) is 52.2. The molecule has 0 radical (unpaired) electrons. The lowest BCUT2D eigenvalue weighted by atomic mass is 9.98. The number of nitrogens with two attached hydrogens (primary N) is 1. The molecule has 5 aromatic rings. The van der Waals surface area contributed by atoms with Crippen LogP contribution in [0.2, 0.25) is 0 Å². The molecule has 3 aliphatic rings. The summed E-state index contributed by atoms with van der Waals surface area (Å²) in [6, 6.07) is -3.78. The summed E-state index contributed by atoms with van der Waals surface area (Å²) < 4.78 is 0. The minimum Gasteiger partial charge on any atom is -0.481 e. The minimum atomic E-state index is -1.91. The molecule has 118 heavy (non-hydrogen) atoms. The number of rotatable bonds is 24. The van der Waals surface area contributed by atoms with Crippen LogP contribution in [-0.2, 0) is 101 Å². The maximum absolute atomic E-state index is 15.0. The first kappa shape index (κ1) is 91.6. The topological polar surface area (TPSA) is 568 Å². The molecule has 0 spiro atoms. The third-order valence-electron chi connectivity index (χ3n) is 20.5. The monoisotopic (exact) mass is 1660 g/mol. The molecule has 8 rings (SSSR count). The van der Waals surface area contributed by atoms with Crippen LogP contribution in [0.15, 0.2) is 73.4 Å². The SMILES string of the molecule is CCCC(=O)N1CCC[C@@H]1C(=O)N1CCC[C@H]1C(=O)N[C@@H](CC(=O)O)C(=O)N[C@@H]1CCSCC(C(N)=O)NC(=O)[C@H](Cc2c[nH]c3ccccc23)NC(=O)[C@H](C(C)C)NC(=O)[C@H](CC(C)C)NC(=O)[C@H](CCC(=O)O)NC(=O)CNC(=O)[C@H](CC(C)C)NC(=O)[C@H](Cc2cnc[nH]2)NC(=O)[C@H](Cc2c[nH]c3ccccc23)NC(=O)CNC1=O. The van der Waals surface area contributed by atoms with Crippen molar-refractivity contribution in [1.29, 1.82) is 0 Å². The number of carboxylic acid groups (broad SMARTS) is 2. The van der Waals surface area contributed by atoms with E-state index in [9.17, 15) is 86.9 Å². The van der Waals surface area contributed by atoms with Crippen molar-refractivity contribution in [3.05, 3.63) is 90.3 Å². The van der Waals surface area contributed by atoms with Crippen LogP contribution in [0.4, 0.5) is 0 Å². The highest BCUT2D eigenvalue weighted by Gasteiger charge is 2.44. The van der Waals surface area contributed by atoms with Gasteiger partial charge < -0.3 is 104 Å². The zero-order chi connectivity index (χ0) is 86.0. The van der Waals surface area contributed by atoms with Crippen LogP contribution in [-0.4, -0.2) is 251 Å². The van der Waals surface area contributed by atoms with Crippen LogP contribution in [0.1, 0.15) is 142 Å². The maximum atomic E-state index is 15.0. The van der Waals surface area contributed by atoms with E-state index in [-0.39, 0.29) is 80.7 Å². The Balaban J connectivity index is 1.14. The van der Waals surface area contributed by atoms with Gasteiger partial charge in [-0.25, -0.2) is 4.98 Å². The number of benzene rings is 2. The molecular formula is C79H109N19O19S. The molecule has 19 N–H and O–H groups in total. The first-order chi connectivity index (χ1) is 56.2. The molecule has 15 amide bonds. The van der Waals surface area contributed by atoms with Crippen LogP contribution < -0.4 is 69.5 Å². The quantitative estimate of drug-likeness (QED) is 0.0351. The molecule has 39 heteroatoms. The number of para-hydroxylation sites is 2. The van der Waals surface area contributed by atoms with Crippen molar-refractivity contribution in [2.45, 2.75) is 217 Å². The van der Waals surface area contributed by atoms with Gasteiger partial charge in [-0.15, -0.1) is 0 Å². The third kappa shape index (κ3) is 26.5. The smallest absolute Gasteiger partial charge is 0.305 e. The number of fused-ring (bicyclic) bond motifs is 2. The van der Waals surface area contributed by atoms with Crippen LogP contribution >= 0.6 is 11.8 Å². The van der Waals surface area contributed by atoms with Gasteiger partial charge >= 0.3 is 11.9 Å². The number of aromatic amines is 3. The van der Waals surface area contributed by atoms with Crippen LogP contribution in [0.3, 0.4) is 0 Å². The van der Waals surface area contributed by atoms with Gasteiger partial charge in [0, 0.05) is 97.0 Å². The molecule has 3 aliphatic heterocycles. The number of likely N-dealkylation sites (tertiary alicyclic amines) is 2. The number of hydrogen-bond acceptors (Lipinski definition) is 19. The van der Waals surface area contributed by atoms with E-state index in [1.807, 2.05) is 6.92 Å². The first-order valence-electron chi connectivity index (χ1n) is 39.7. The summed E-state index contributed by atoms with van der Waals surface area (Å²) in [4.78, 5) is 256. The molecule has 38 nitrogen and oxygen atoms in total. The van der Waals surface area contributed by atoms with Gasteiger partial charge in [0.2, 0.25) is 88.6 Å². The number of carbonyl (C=O) groups is 17. The zero-order valence-electron chi connectivity index (χ0n) is 67.1. The molecule has 12 atom stereocenters. The summed E-state index contributed by atoms with van der Waals surface area (Å²) in [6.45, 7) is 10.6. The average Bonchev–Trinajstić information content (AvgIpc) is 1.66. The van der Waals surface area contributed by atoms with Gasteiger partial charge in [-0.3, -0.25) is 81.5 Å². The Labute approximate surface area is 685 Å². The molecule has 0 saturated carbocycles. The van der Waals surface area contributed by atoms with Gasteiger partial charge in [-0.05, 0) is 105 Å². The van der Waals surface area contributed by atoms with Crippen molar-refractivity contribution < 1.29 is 91.7 Å². The third-order valence-corrected chi connectivity index (χ3v) is 21.6. The van der Waals surface area contributed by atoms with Crippen molar-refractivity contribution in [3.8, 4) is 0 Å². The molecule has 640 valence electrons. The lowest BCUT2D eigenvalue weighted by Crippen LogP contribution is -2.61. The van der Waals surface area contributed by atoms with Gasteiger partial charge in [0.15, 0.2) is 0 Å². The van der Waals surface area contributed by atoms with Gasteiger partial charge in [-0.1, -0.05) is 84.9 Å². The fraction of sp³-hybridized carbons (Fsp3) is 0.544. The normalized spacial score (nSPS) is 23.6. The van der Waals surface area contributed by atoms with Gasteiger partial charge in [-0.2, -0.15) is 11.8 Å². The van der Waals surface area contributed by atoms with E-state index in [2.05, 4.69) is 83.7 Å². The van der Waals surface area contributed by atoms with Crippen molar-refractivity contribution in [3.63, 3.8) is 0 Å². The molecule has 3 saturated heterocycles. The van der Waals surface area contributed by atoms with Gasteiger partial charge in [0.1, 0.15) is 72.5 Å². The zero-order valence-corrected chi connectivity index (χ0v) is 67.9. The lowest BCUT2D eigenvalue weighted by Gasteiger charge is -2.31. The lowest BCUT2D eigenvalue weighted by molar-refractivity contribution is -0.147. The number of primary amides is 1. The van der Waals surface area contributed by atoms with E-state index >= 15 is 4.79 Å². The standard InChI is InChI=1S/C79H109N19O19S/c1-8-15-64(101)97-25-14-21-61(97)79(117)98-26-13-20-60(98)77(115)93-58(33-66(104)105)75(113)89-52-24-27-118-39-59(68(80)106)95-73(111)56(31-45-35-83-50-19-12-10-17-48(45)50)94-78(116)67(43(6)7)96-76(114)54(29-42(4)5)91-71(109)51(22-23-65(102)103)87-62(99)37-85-70(108)53(28-41(2)3)90-74(112)57(32-46-36-81-40-86-46)92-72(110)55(88-63(100)38-84-69(52)107)30-44-34-82-49-18-11-9-16-47(44)49/h9-12,16-19,34-36,40-43,51-61,67,82-83H,8,13-15,20-33,37-39H2,1-7H3,(H2,80,106)(H,81,86)(H,84,107)(H,85,108)(H,87,99)(H,88,100)(H,89,113)(H,90,112)(H,91,109)(H,92,110)(H,93,115)(H,94,116)(H,95,111)(H,96,114)(H,102,103)(H,104,105)/t51-,52+,53-,54-,55-,56-,57-,58-,59?,60-,61+,67-/m0/s1. The number of carbonyl (C=O) groups excluding carboxylic acids is 15. The number of H-pyrrole nitrogens is 3. The van der Waals surface area contributed by atoms with E-state index in [4.69, 9.17) is 5.73 Å². The van der Waals surface area contributed by atoms with Crippen molar-refractivity contribution in [2.75, 3.05) is 37.7 Å². The predicted octanol–water partition coefficient (Wildman–Crippen LogP) is -1.03. The number of imidazole rings is 1. The number of thioether (sulfide) groups is 1. The van der Waals surface area contributed by atoms with Gasteiger partial charge in [0.25, 0.3) is 0 Å². The number of aromatic nitrogens is 4. The fourth-order valence-electron chi connectivity index (χ4n) is 14.4. The molecular weight excluding hydrogens is 1550 g/mol. The summed E-state index contributed by atoms with van der Waals surface area (Å²) >= 11 is 0.923. The summed E-state index contributed by atoms with van der Waals surface area (Å²) in [5.41, 5.74) is 8.62. The maximum Gasteiger partial charge on any atom is 0.305 e. The van der Waals surface area contributed by atoms with Crippen LogP contribution in [0, 0.1) is 17.8 Å². The van der Waals surface area contributed by atoms with Crippen molar-refractivity contribution in [1.82, 2.24) is 93.5 Å². The fourth-order valence-corrected chi connectivity index (χ4v) is 15.5. The van der Waals surface area contributed by atoms with E-state index in [0.29, 0.717) is 70.9 Å². The highest BCUT2D eigenvalue weighted by atomic mass is 32.2. The number of nitrogens with one attached hydrogen (secondary N) is 15. The van der Waals surface area contributed by atoms with Gasteiger partial charge in [0.05, 0.1) is 25.8 Å². The second kappa shape index (κ2) is 43.9. The molecule has 0 bridgehead atoms. The number of amides is 15. The van der Waals surface area contributed by atoms with E-state index in [0.717, 1.165) is 11.8 Å². The Hall–Kier alpha value is -11.9. The summed E-state index contributed by atoms with van der Waals surface area (Å²) in [7, 11) is 0. The molecule has 3 aromatic heterocycles. The highest BCUT2D eigenvalue weighted by Crippen LogP contribution is 2.28. The second-order valence-electron chi connectivity index (χ2n) is 31.0. The second-order valence-corrected chi connectivity index (χ2v) is 32.1. The Morgan fingerprint density at radius 1 is 0.568 bits per heavy atom. The van der Waals surface area contributed by atoms with Crippen LogP contribution in [0.25, 0.3) is 21.8 Å². The van der Waals surface area contributed by atoms with Crippen LogP contribution in [0.5, 0.6) is 0 Å². The number of hydrogen-bond donors (Lipinski definition) is 18. The van der Waals surface area contributed by atoms with Crippen molar-refractivity contribution >= 4 is 134 Å². The molecule has 1 unspecified atom stereocenters. The van der Waals surface area contributed by atoms with Crippen molar-refractivity contribution in [2.24, 2.45) is 23.5 Å². The molecule has 2 aromatic carbocycles. The average molecular weight is 1660 g/mol. The first-order valence-corrected chi connectivity index (χ1v) is 40.9. The predicted molar refractivity (Wildman–Crippen MR) is 430 cm³/mol. The molecule has 6 heterocycles. The van der Waals surface area contributed by atoms with E-state index in [1.54, 1.807) is 102 Å². The highest BCUT2D eigenvalue weighted by molar-refractivity contribution is 7.99. The number of carboxylic acids is 2. The Morgan fingerprint density at radius 3 is 1.64 bits per heavy atom. The summed E-state index contributed by atoms with van der Waals surface area (Å²) in [6.07, 6.45) is 4.45. The van der Waals surface area contributed by atoms with E-state index in [1.165, 1.54) is 22.3 Å². The largest absolute Gasteiger partial charge is 0.481 e. The Bertz CT molecular complexity index is 4450.